The van der Waals surface area contributed by atoms with Gasteiger partial charge < -0.3 is 15.2 Å². The molecule has 0 radical (unpaired) electrons. The highest BCUT2D eigenvalue weighted by atomic mass is 79.9. The van der Waals surface area contributed by atoms with Gasteiger partial charge in [-0.15, -0.1) is 0 Å². The highest BCUT2D eigenvalue weighted by Crippen LogP contribution is 2.42. The number of amides is 1. The van der Waals surface area contributed by atoms with Gasteiger partial charge in [0.1, 0.15) is 5.75 Å². The number of benzene rings is 2. The molecule has 0 saturated carbocycles. The summed E-state index contributed by atoms with van der Waals surface area (Å²) in [5.74, 6) is -1.40. The van der Waals surface area contributed by atoms with Crippen molar-refractivity contribution in [2.45, 2.75) is 0 Å². The van der Waals surface area contributed by atoms with Gasteiger partial charge >= 0.3 is 5.97 Å². The highest BCUT2D eigenvalue weighted by Gasteiger charge is 2.28. The summed E-state index contributed by atoms with van der Waals surface area (Å²) in [4.78, 5) is 24.4. The molecule has 5 nitrogen and oxygen atoms in total. The molecule has 0 bridgehead atoms. The molecule has 0 saturated heterocycles. The summed E-state index contributed by atoms with van der Waals surface area (Å²) in [7, 11) is 1.48. The van der Waals surface area contributed by atoms with Crippen molar-refractivity contribution in [3.05, 3.63) is 52.2 Å². The van der Waals surface area contributed by atoms with Crippen molar-refractivity contribution < 1.29 is 19.4 Å². The van der Waals surface area contributed by atoms with E-state index in [2.05, 4.69) is 69.0 Å². The Morgan fingerprint density at radius 1 is 1.04 bits per heavy atom. The van der Waals surface area contributed by atoms with Crippen LogP contribution in [0.25, 0.3) is 0 Å². The van der Waals surface area contributed by atoms with Crippen LogP contribution in [0.5, 0.6) is 5.75 Å². The number of nitrogens with one attached hydrogen (secondary N) is 1. The number of aromatic carboxylic acids is 1. The molecule has 2 N–H and O–H groups in total. The van der Waals surface area contributed by atoms with E-state index in [1.807, 2.05) is 0 Å². The van der Waals surface area contributed by atoms with Gasteiger partial charge in [0.25, 0.3) is 5.91 Å². The predicted molar refractivity (Wildman–Crippen MR) is 110 cm³/mol. The first-order chi connectivity index (χ1) is 11.7. The molecule has 0 heterocycles. The Kier molecular flexibility index (Phi) is 6.94. The predicted octanol–water partition coefficient (Wildman–Crippen LogP) is 6.35. The Morgan fingerprint density at radius 2 is 1.60 bits per heavy atom. The maximum Gasteiger partial charge on any atom is 0.337 e. The van der Waals surface area contributed by atoms with Crippen molar-refractivity contribution in [3.8, 4) is 5.75 Å². The minimum Gasteiger partial charge on any atom is -0.495 e. The van der Waals surface area contributed by atoms with E-state index >= 15 is 0 Å². The third-order valence-corrected chi connectivity index (χ3v) is 8.18. The summed E-state index contributed by atoms with van der Waals surface area (Å²) in [6.07, 6.45) is 0. The smallest absolute Gasteiger partial charge is 0.337 e. The van der Waals surface area contributed by atoms with E-state index in [9.17, 15) is 14.7 Å². The Balaban J connectivity index is 2.52. The van der Waals surface area contributed by atoms with Crippen LogP contribution < -0.4 is 10.1 Å². The van der Waals surface area contributed by atoms with E-state index in [0.29, 0.717) is 29.9 Å². The molecular weight excluding hydrogens is 613 g/mol. The van der Waals surface area contributed by atoms with E-state index in [1.54, 1.807) is 12.1 Å². The molecule has 132 valence electrons. The molecule has 10 heteroatoms. The molecule has 0 spiro atoms. The number of carbonyl (C=O) groups excluding carboxylic acids is 1. The van der Waals surface area contributed by atoms with Crippen LogP contribution in [-0.2, 0) is 0 Å². The first kappa shape index (κ1) is 20.7. The molecule has 25 heavy (non-hydrogen) atoms. The van der Waals surface area contributed by atoms with Crippen molar-refractivity contribution in [1.29, 1.82) is 0 Å². The second-order valence-electron chi connectivity index (χ2n) is 4.61. The largest absolute Gasteiger partial charge is 0.495 e. The van der Waals surface area contributed by atoms with Crippen molar-refractivity contribution in [3.63, 3.8) is 0 Å². The van der Waals surface area contributed by atoms with Gasteiger partial charge in [-0.1, -0.05) is 11.6 Å². The molecule has 0 aliphatic heterocycles. The van der Waals surface area contributed by atoms with Crippen molar-refractivity contribution in [2.75, 3.05) is 12.4 Å². The molecule has 0 aromatic heterocycles. The molecule has 0 aliphatic rings. The average molecular weight is 621 g/mol. The maximum absolute atomic E-state index is 12.7. The van der Waals surface area contributed by atoms with Gasteiger partial charge in [-0.2, -0.15) is 0 Å². The number of hydrogen-bond donors (Lipinski definition) is 2. The lowest BCUT2D eigenvalue weighted by molar-refractivity contribution is 0.0691. The molecule has 1 amide bonds. The lowest BCUT2D eigenvalue weighted by atomic mass is 10.1. The fraction of sp³-hybridized carbons (Fsp3) is 0.0667. The van der Waals surface area contributed by atoms with E-state index in [1.165, 1.54) is 13.2 Å². The molecule has 2 aromatic rings. The first-order valence-electron chi connectivity index (χ1n) is 6.43. The zero-order valence-corrected chi connectivity index (χ0v) is 19.4. The van der Waals surface area contributed by atoms with E-state index in [-0.39, 0.29) is 15.6 Å². The fourth-order valence-electron chi connectivity index (χ4n) is 1.98. The molecule has 0 fully saturated rings. The standard InChI is InChI=1S/C15H8Br4ClNO4/c1-25-7-3-2-5(4-6(7)20)21-14(22)8-9(15(23)24)11(17)13(19)12(18)10(8)16/h2-4H,1H3,(H,21,22)(H,23,24). The van der Waals surface area contributed by atoms with Crippen LogP contribution in [0.4, 0.5) is 5.69 Å². The van der Waals surface area contributed by atoms with Gasteiger partial charge in [0, 0.05) is 23.6 Å². The number of rotatable bonds is 4. The molecule has 0 unspecified atom stereocenters. The van der Waals surface area contributed by atoms with Gasteiger partial charge in [0.05, 0.1) is 23.3 Å². The highest BCUT2D eigenvalue weighted by molar-refractivity contribution is 9.15. The Bertz CT molecular complexity index is 889. The van der Waals surface area contributed by atoms with Crippen LogP contribution in [-0.4, -0.2) is 24.1 Å². The molecule has 2 aromatic carbocycles. The van der Waals surface area contributed by atoms with Gasteiger partial charge in [-0.3, -0.25) is 4.79 Å². The number of carbonyl (C=O) groups is 2. The fourth-order valence-corrected chi connectivity index (χ4v) is 4.71. The van der Waals surface area contributed by atoms with Gasteiger partial charge in [0.2, 0.25) is 0 Å². The minimum absolute atomic E-state index is 0.0404. The van der Waals surface area contributed by atoms with Crippen LogP contribution >= 0.6 is 75.3 Å². The Hall–Kier alpha value is -0.610. The monoisotopic (exact) mass is 617 g/mol. The van der Waals surface area contributed by atoms with Crippen LogP contribution in [0.15, 0.2) is 36.1 Å². The SMILES string of the molecule is COc1ccc(NC(=O)c2c(Br)c(Br)c(Br)c(Br)c2C(=O)O)cc1Cl. The zero-order chi connectivity index (χ0) is 18.9. The van der Waals surface area contributed by atoms with Crippen LogP contribution in [0, 0.1) is 0 Å². The summed E-state index contributed by atoms with van der Waals surface area (Å²) < 4.78 is 6.58. The van der Waals surface area contributed by atoms with Crippen LogP contribution in [0.1, 0.15) is 20.7 Å². The number of carboxylic acid groups (broad SMARTS) is 1. The number of carboxylic acids is 1. The third kappa shape index (κ3) is 4.21. The second kappa shape index (κ2) is 8.39. The number of methoxy groups -OCH3 is 1. The quantitative estimate of drug-likeness (QED) is 0.309. The molecule has 2 rings (SSSR count). The van der Waals surface area contributed by atoms with Crippen LogP contribution in [0.2, 0.25) is 5.02 Å². The Labute approximate surface area is 181 Å². The third-order valence-electron chi connectivity index (χ3n) is 3.12. The molecule has 0 atom stereocenters. The Morgan fingerprint density at radius 3 is 2.08 bits per heavy atom. The van der Waals surface area contributed by atoms with Gasteiger partial charge in [-0.25, -0.2) is 4.79 Å². The van der Waals surface area contributed by atoms with E-state index < -0.39 is 11.9 Å². The van der Waals surface area contributed by atoms with E-state index in [4.69, 9.17) is 16.3 Å². The van der Waals surface area contributed by atoms with Gasteiger partial charge in [0.15, 0.2) is 0 Å². The van der Waals surface area contributed by atoms with Crippen molar-refractivity contribution in [1.82, 2.24) is 0 Å². The lowest BCUT2D eigenvalue weighted by Gasteiger charge is -2.15. The topological polar surface area (TPSA) is 75.6 Å². The average Bonchev–Trinajstić information content (AvgIpc) is 2.55. The van der Waals surface area contributed by atoms with Crippen molar-refractivity contribution in [2.24, 2.45) is 0 Å². The minimum atomic E-state index is -1.25. The maximum atomic E-state index is 12.7. The van der Waals surface area contributed by atoms with E-state index in [0.717, 1.165) is 0 Å². The molecular formula is C15H8Br4ClNO4. The normalized spacial score (nSPS) is 10.5. The summed E-state index contributed by atoms with van der Waals surface area (Å²) in [5, 5.41) is 12.5. The summed E-state index contributed by atoms with van der Waals surface area (Å²) in [6.45, 7) is 0. The van der Waals surface area contributed by atoms with Crippen LogP contribution in [0.3, 0.4) is 0 Å². The summed E-state index contributed by atoms with van der Waals surface area (Å²) in [6, 6.07) is 4.70. The number of hydrogen-bond acceptors (Lipinski definition) is 3. The summed E-state index contributed by atoms with van der Waals surface area (Å²) >= 11 is 19.1. The summed E-state index contributed by atoms with van der Waals surface area (Å²) in [5.41, 5.74) is 0.176. The zero-order valence-electron chi connectivity index (χ0n) is 12.3. The second-order valence-corrected chi connectivity index (χ2v) is 8.19. The number of ether oxygens (including phenoxy) is 1. The number of anilines is 1. The van der Waals surface area contributed by atoms with Crippen molar-refractivity contribution >= 4 is 92.9 Å². The lowest BCUT2D eigenvalue weighted by Crippen LogP contribution is -2.18. The molecule has 0 aliphatic carbocycles. The first-order valence-corrected chi connectivity index (χ1v) is 9.98. The number of halogens is 5. The van der Waals surface area contributed by atoms with Gasteiger partial charge in [-0.05, 0) is 81.9 Å².